The maximum Gasteiger partial charge on any atom is 0.168 e. The normalized spacial score (nSPS) is 13.8. The Morgan fingerprint density at radius 3 is 2.76 bits per heavy atom. The number of ketones is 1. The number of hydrogen-bond acceptors (Lipinski definition) is 2. The van der Waals surface area contributed by atoms with Crippen molar-refractivity contribution in [1.82, 2.24) is 0 Å². The highest BCUT2D eigenvalue weighted by molar-refractivity contribution is 7.99. The van der Waals surface area contributed by atoms with E-state index in [0.717, 1.165) is 16.0 Å². The second-order valence-electron chi connectivity index (χ2n) is 4.31. The fourth-order valence-electron chi connectivity index (χ4n) is 2.12. The van der Waals surface area contributed by atoms with E-state index >= 15 is 0 Å². The number of rotatable bonds is 0. The number of carbonyl (C=O) groups excluding carboxylic acids is 1. The number of aryl methyl sites for hydroxylation is 1. The average molecular weight is 240 g/mol. The van der Waals surface area contributed by atoms with Gasteiger partial charge in [0, 0.05) is 21.8 Å². The highest BCUT2D eigenvalue weighted by Gasteiger charge is 2.19. The van der Waals surface area contributed by atoms with Crippen molar-refractivity contribution in [1.29, 1.82) is 0 Å². The largest absolute Gasteiger partial charge is 0.294 e. The van der Waals surface area contributed by atoms with Crippen LogP contribution in [0.4, 0.5) is 0 Å². The van der Waals surface area contributed by atoms with Crippen molar-refractivity contribution in [2.45, 2.75) is 23.1 Å². The van der Waals surface area contributed by atoms with Crippen molar-refractivity contribution >= 4 is 17.5 Å². The van der Waals surface area contributed by atoms with E-state index in [-0.39, 0.29) is 5.78 Å². The number of Topliss-reactive ketones (excluding diaryl/α,β-unsaturated/α-hetero) is 1. The third kappa shape index (κ3) is 1.89. The first-order valence-corrected chi connectivity index (χ1v) is 6.45. The van der Waals surface area contributed by atoms with E-state index < -0.39 is 0 Å². The molecule has 1 aliphatic rings. The Labute approximate surface area is 105 Å². The number of carbonyl (C=O) groups is 1. The molecule has 2 aromatic carbocycles. The predicted molar refractivity (Wildman–Crippen MR) is 69.8 cm³/mol. The summed E-state index contributed by atoms with van der Waals surface area (Å²) in [5.41, 5.74) is 3.21. The van der Waals surface area contributed by atoms with Crippen LogP contribution in [0.2, 0.25) is 0 Å². The van der Waals surface area contributed by atoms with Gasteiger partial charge in [-0.3, -0.25) is 4.79 Å². The molecule has 1 aliphatic heterocycles. The molecule has 0 N–H and O–H groups in total. The zero-order chi connectivity index (χ0) is 11.8. The van der Waals surface area contributed by atoms with Crippen molar-refractivity contribution in [3.63, 3.8) is 0 Å². The van der Waals surface area contributed by atoms with E-state index in [0.29, 0.717) is 6.42 Å². The van der Waals surface area contributed by atoms with E-state index in [1.807, 2.05) is 24.3 Å². The van der Waals surface area contributed by atoms with Gasteiger partial charge in [0.15, 0.2) is 5.78 Å². The zero-order valence-corrected chi connectivity index (χ0v) is 10.4. The lowest BCUT2D eigenvalue weighted by molar-refractivity contribution is 0.0990. The molecule has 3 rings (SSSR count). The lowest BCUT2D eigenvalue weighted by Crippen LogP contribution is -2.03. The van der Waals surface area contributed by atoms with Gasteiger partial charge < -0.3 is 0 Å². The molecule has 0 atom stereocenters. The monoisotopic (exact) mass is 240 g/mol. The van der Waals surface area contributed by atoms with Crippen LogP contribution in [0.15, 0.2) is 52.3 Å². The van der Waals surface area contributed by atoms with Gasteiger partial charge in [0.25, 0.3) is 0 Å². The second-order valence-corrected chi connectivity index (χ2v) is 5.39. The molecular formula is C15H12OS. The van der Waals surface area contributed by atoms with E-state index in [2.05, 4.69) is 25.1 Å². The maximum atomic E-state index is 12.2. The molecule has 0 bridgehead atoms. The molecule has 17 heavy (non-hydrogen) atoms. The molecule has 0 spiro atoms. The van der Waals surface area contributed by atoms with Crippen LogP contribution in [0.1, 0.15) is 21.5 Å². The Morgan fingerprint density at radius 2 is 1.88 bits per heavy atom. The summed E-state index contributed by atoms with van der Waals surface area (Å²) in [6.07, 6.45) is 0.515. The van der Waals surface area contributed by atoms with Crippen LogP contribution in [0.5, 0.6) is 0 Å². The number of hydrogen-bond donors (Lipinski definition) is 0. The highest BCUT2D eigenvalue weighted by Crippen LogP contribution is 2.37. The average Bonchev–Trinajstić information content (AvgIpc) is 2.46. The van der Waals surface area contributed by atoms with Crippen LogP contribution >= 0.6 is 11.8 Å². The van der Waals surface area contributed by atoms with Gasteiger partial charge in [0.2, 0.25) is 0 Å². The summed E-state index contributed by atoms with van der Waals surface area (Å²) in [6.45, 7) is 2.06. The summed E-state index contributed by atoms with van der Waals surface area (Å²) in [7, 11) is 0. The Hall–Kier alpha value is -1.54. The Balaban J connectivity index is 2.17. The minimum atomic E-state index is 0.220. The van der Waals surface area contributed by atoms with E-state index in [1.54, 1.807) is 11.8 Å². The summed E-state index contributed by atoms with van der Waals surface area (Å²) in [6, 6.07) is 14.2. The number of fused-ring (bicyclic) bond motifs is 2. The van der Waals surface area contributed by atoms with Crippen LogP contribution in [0.25, 0.3) is 0 Å². The molecule has 1 heterocycles. The van der Waals surface area contributed by atoms with Gasteiger partial charge in [0.05, 0.1) is 0 Å². The molecule has 0 saturated carbocycles. The third-order valence-electron chi connectivity index (χ3n) is 2.97. The molecular weight excluding hydrogens is 228 g/mol. The van der Waals surface area contributed by atoms with Crippen LogP contribution < -0.4 is 0 Å². The van der Waals surface area contributed by atoms with E-state index in [9.17, 15) is 4.79 Å². The SMILES string of the molecule is Cc1ccc2c(c1)CC(=O)c1ccccc1S2. The van der Waals surface area contributed by atoms with Crippen molar-refractivity contribution in [3.8, 4) is 0 Å². The van der Waals surface area contributed by atoms with Gasteiger partial charge in [-0.25, -0.2) is 0 Å². The molecule has 2 heteroatoms. The number of benzene rings is 2. The second kappa shape index (κ2) is 4.04. The van der Waals surface area contributed by atoms with Gasteiger partial charge in [-0.05, 0) is 24.6 Å². The lowest BCUT2D eigenvalue weighted by atomic mass is 10.0. The molecule has 0 saturated heterocycles. The minimum Gasteiger partial charge on any atom is -0.294 e. The van der Waals surface area contributed by atoms with Gasteiger partial charge in [-0.1, -0.05) is 47.7 Å². The summed E-state index contributed by atoms with van der Waals surface area (Å²) in [5, 5.41) is 0. The highest BCUT2D eigenvalue weighted by atomic mass is 32.2. The van der Waals surface area contributed by atoms with Crippen LogP contribution in [-0.4, -0.2) is 5.78 Å². The van der Waals surface area contributed by atoms with Crippen molar-refractivity contribution < 1.29 is 4.79 Å². The van der Waals surface area contributed by atoms with Gasteiger partial charge >= 0.3 is 0 Å². The maximum absolute atomic E-state index is 12.2. The summed E-state index contributed by atoms with van der Waals surface area (Å²) < 4.78 is 0. The van der Waals surface area contributed by atoms with Gasteiger partial charge in [-0.2, -0.15) is 0 Å². The van der Waals surface area contributed by atoms with Crippen LogP contribution in [0.3, 0.4) is 0 Å². The first-order valence-electron chi connectivity index (χ1n) is 5.63. The van der Waals surface area contributed by atoms with E-state index in [4.69, 9.17) is 0 Å². The molecule has 0 fully saturated rings. The van der Waals surface area contributed by atoms with Crippen molar-refractivity contribution in [3.05, 3.63) is 59.2 Å². The first-order chi connectivity index (χ1) is 8.24. The summed E-state index contributed by atoms with van der Waals surface area (Å²) in [4.78, 5) is 14.4. The Morgan fingerprint density at radius 1 is 1.06 bits per heavy atom. The van der Waals surface area contributed by atoms with Crippen LogP contribution in [0, 0.1) is 6.92 Å². The Kier molecular flexibility index (Phi) is 2.52. The molecule has 0 unspecified atom stereocenters. The molecule has 0 aromatic heterocycles. The fraction of sp³-hybridized carbons (Fsp3) is 0.133. The Bertz CT molecular complexity index is 602. The topological polar surface area (TPSA) is 17.1 Å². The van der Waals surface area contributed by atoms with Crippen LogP contribution in [-0.2, 0) is 6.42 Å². The smallest absolute Gasteiger partial charge is 0.168 e. The van der Waals surface area contributed by atoms with E-state index in [1.165, 1.54) is 10.5 Å². The molecule has 1 nitrogen and oxygen atoms in total. The molecule has 84 valence electrons. The molecule has 0 amide bonds. The third-order valence-corrected chi connectivity index (χ3v) is 4.17. The predicted octanol–water partition coefficient (Wildman–Crippen LogP) is 3.89. The summed E-state index contributed by atoms with van der Waals surface area (Å²) in [5.74, 6) is 0.220. The molecule has 0 radical (unpaired) electrons. The zero-order valence-electron chi connectivity index (χ0n) is 9.57. The standard InChI is InChI=1S/C15H12OS/c1-10-6-7-14-11(8-10)9-13(16)12-4-2-3-5-15(12)17-14/h2-8H,9H2,1H3. The minimum absolute atomic E-state index is 0.220. The first kappa shape index (κ1) is 10.6. The summed E-state index contributed by atoms with van der Waals surface area (Å²) >= 11 is 1.69. The van der Waals surface area contributed by atoms with Crippen molar-refractivity contribution in [2.24, 2.45) is 0 Å². The van der Waals surface area contributed by atoms with Gasteiger partial charge in [0.1, 0.15) is 0 Å². The quantitative estimate of drug-likeness (QED) is 0.695. The van der Waals surface area contributed by atoms with Crippen molar-refractivity contribution in [2.75, 3.05) is 0 Å². The lowest BCUT2D eigenvalue weighted by Gasteiger charge is -2.05. The molecule has 2 aromatic rings. The fourth-order valence-corrected chi connectivity index (χ4v) is 3.19. The molecule has 0 aliphatic carbocycles. The van der Waals surface area contributed by atoms with Gasteiger partial charge in [-0.15, -0.1) is 0 Å².